The summed E-state index contributed by atoms with van der Waals surface area (Å²) in [4.78, 5) is 27.8. The number of hydrogen-bond acceptors (Lipinski definition) is 4. The van der Waals surface area contributed by atoms with Crippen molar-refractivity contribution in [3.63, 3.8) is 0 Å². The SMILES string of the molecule is CN(C)CC1CCCN1C1(C(=O)O)CC=CC(C)(C(=O)O)C1. The van der Waals surface area contributed by atoms with Crippen LogP contribution in [0.1, 0.15) is 32.6 Å². The Morgan fingerprint density at radius 1 is 1.32 bits per heavy atom. The maximum Gasteiger partial charge on any atom is 0.324 e. The fourth-order valence-electron chi connectivity index (χ4n) is 3.91. The highest BCUT2D eigenvalue weighted by atomic mass is 16.4. The van der Waals surface area contributed by atoms with Gasteiger partial charge in [-0.2, -0.15) is 0 Å². The van der Waals surface area contributed by atoms with E-state index in [2.05, 4.69) is 4.90 Å². The van der Waals surface area contributed by atoms with Crippen molar-refractivity contribution in [2.75, 3.05) is 27.2 Å². The minimum Gasteiger partial charge on any atom is -0.481 e. The van der Waals surface area contributed by atoms with Crippen molar-refractivity contribution >= 4 is 11.9 Å². The lowest BCUT2D eigenvalue weighted by Gasteiger charge is -2.46. The van der Waals surface area contributed by atoms with Gasteiger partial charge in [0.15, 0.2) is 0 Å². The Hall–Kier alpha value is -1.40. The molecule has 2 N–H and O–H groups in total. The van der Waals surface area contributed by atoms with E-state index in [9.17, 15) is 19.8 Å². The Bertz CT molecular complexity index is 491. The van der Waals surface area contributed by atoms with Crippen molar-refractivity contribution in [1.29, 1.82) is 0 Å². The molecule has 1 aliphatic carbocycles. The molecule has 3 unspecified atom stereocenters. The van der Waals surface area contributed by atoms with Crippen LogP contribution in [-0.2, 0) is 9.59 Å². The molecule has 2 aliphatic rings. The standard InChI is InChI=1S/C16H26N2O4/c1-15(13(19)20)7-5-8-16(11-15,14(21)22)18-9-4-6-12(18)10-17(2)3/h5,7,12H,4,6,8-11H2,1-3H3,(H,19,20)(H,21,22). The van der Waals surface area contributed by atoms with Crippen LogP contribution in [0.5, 0.6) is 0 Å². The first-order valence-corrected chi connectivity index (χ1v) is 7.77. The predicted molar refractivity (Wildman–Crippen MR) is 82.8 cm³/mol. The van der Waals surface area contributed by atoms with E-state index in [1.54, 1.807) is 19.1 Å². The molecule has 0 radical (unpaired) electrons. The van der Waals surface area contributed by atoms with Crippen LogP contribution in [0, 0.1) is 5.41 Å². The third kappa shape index (κ3) is 2.90. The zero-order chi connectivity index (χ0) is 16.5. The molecule has 124 valence electrons. The first-order valence-electron chi connectivity index (χ1n) is 7.77. The van der Waals surface area contributed by atoms with Crippen molar-refractivity contribution in [1.82, 2.24) is 9.80 Å². The molecule has 6 heteroatoms. The molecule has 22 heavy (non-hydrogen) atoms. The quantitative estimate of drug-likeness (QED) is 0.745. The van der Waals surface area contributed by atoms with E-state index in [4.69, 9.17) is 0 Å². The third-order valence-corrected chi connectivity index (χ3v) is 4.99. The molecule has 1 fully saturated rings. The number of rotatable bonds is 5. The van der Waals surface area contributed by atoms with Gasteiger partial charge in [0, 0.05) is 12.6 Å². The Morgan fingerprint density at radius 3 is 2.55 bits per heavy atom. The highest BCUT2D eigenvalue weighted by Gasteiger charge is 2.54. The highest BCUT2D eigenvalue weighted by molar-refractivity contribution is 5.84. The molecule has 0 spiro atoms. The average Bonchev–Trinajstić information content (AvgIpc) is 2.86. The van der Waals surface area contributed by atoms with Crippen LogP contribution < -0.4 is 0 Å². The molecular formula is C16H26N2O4. The minimum atomic E-state index is -1.12. The van der Waals surface area contributed by atoms with E-state index < -0.39 is 22.9 Å². The molecule has 6 nitrogen and oxygen atoms in total. The summed E-state index contributed by atoms with van der Waals surface area (Å²) < 4.78 is 0. The molecule has 2 rings (SSSR count). The van der Waals surface area contributed by atoms with Crippen LogP contribution >= 0.6 is 0 Å². The molecule has 1 heterocycles. The Kier molecular flexibility index (Phi) is 4.63. The Balaban J connectivity index is 2.35. The maximum absolute atomic E-state index is 12.1. The molecular weight excluding hydrogens is 284 g/mol. The summed E-state index contributed by atoms with van der Waals surface area (Å²) in [6, 6.07) is 0.163. The molecule has 0 amide bonds. The van der Waals surface area contributed by atoms with Crippen LogP contribution in [0.25, 0.3) is 0 Å². The van der Waals surface area contributed by atoms with Gasteiger partial charge < -0.3 is 15.1 Å². The first kappa shape index (κ1) is 17.0. The van der Waals surface area contributed by atoms with E-state index >= 15 is 0 Å². The summed E-state index contributed by atoms with van der Waals surface area (Å²) in [6.45, 7) is 3.12. The van der Waals surface area contributed by atoms with Gasteiger partial charge in [0.1, 0.15) is 5.54 Å². The topological polar surface area (TPSA) is 81.1 Å². The summed E-state index contributed by atoms with van der Waals surface area (Å²) in [5.41, 5.74) is -2.24. The number of likely N-dealkylation sites (N-methyl/N-ethyl adjacent to an activating group) is 1. The second kappa shape index (κ2) is 6.01. The summed E-state index contributed by atoms with van der Waals surface area (Å²) >= 11 is 0. The molecule has 1 saturated heterocycles. The van der Waals surface area contributed by atoms with Gasteiger partial charge >= 0.3 is 11.9 Å². The van der Waals surface area contributed by atoms with Gasteiger partial charge in [-0.05, 0) is 53.2 Å². The normalized spacial score (nSPS) is 35.9. The molecule has 0 aromatic heterocycles. The van der Waals surface area contributed by atoms with Crippen LogP contribution in [0.3, 0.4) is 0 Å². The van der Waals surface area contributed by atoms with E-state index in [1.807, 2.05) is 19.0 Å². The molecule has 0 saturated carbocycles. The van der Waals surface area contributed by atoms with Gasteiger partial charge in [-0.25, -0.2) is 0 Å². The van der Waals surface area contributed by atoms with Crippen molar-refractivity contribution < 1.29 is 19.8 Å². The maximum atomic E-state index is 12.1. The molecule has 1 aliphatic heterocycles. The van der Waals surface area contributed by atoms with Crippen LogP contribution in [0.2, 0.25) is 0 Å². The third-order valence-electron chi connectivity index (χ3n) is 4.99. The number of aliphatic carboxylic acids is 2. The van der Waals surface area contributed by atoms with Crippen molar-refractivity contribution in [2.45, 2.75) is 44.2 Å². The number of nitrogens with zero attached hydrogens (tertiary/aromatic N) is 2. The summed E-state index contributed by atoms with van der Waals surface area (Å²) in [7, 11) is 3.96. The van der Waals surface area contributed by atoms with Crippen molar-refractivity contribution in [3.05, 3.63) is 12.2 Å². The van der Waals surface area contributed by atoms with Crippen molar-refractivity contribution in [2.24, 2.45) is 5.41 Å². The Morgan fingerprint density at radius 2 is 2.00 bits per heavy atom. The molecule has 0 bridgehead atoms. The number of carbonyl (C=O) groups is 2. The summed E-state index contributed by atoms with van der Waals surface area (Å²) in [5.74, 6) is -1.87. The van der Waals surface area contributed by atoms with Gasteiger partial charge in [-0.15, -0.1) is 0 Å². The van der Waals surface area contributed by atoms with E-state index in [1.165, 1.54) is 0 Å². The largest absolute Gasteiger partial charge is 0.481 e. The zero-order valence-corrected chi connectivity index (χ0v) is 13.6. The van der Waals surface area contributed by atoms with Gasteiger partial charge in [0.2, 0.25) is 0 Å². The van der Waals surface area contributed by atoms with E-state index in [-0.39, 0.29) is 12.5 Å². The number of likely N-dealkylation sites (tertiary alicyclic amines) is 1. The second-order valence-corrected chi connectivity index (χ2v) is 7.09. The van der Waals surface area contributed by atoms with E-state index in [0.717, 1.165) is 19.4 Å². The monoisotopic (exact) mass is 310 g/mol. The van der Waals surface area contributed by atoms with Crippen LogP contribution in [0.4, 0.5) is 0 Å². The first-order chi connectivity index (χ1) is 10.2. The Labute approximate surface area is 131 Å². The predicted octanol–water partition coefficient (Wildman–Crippen LogP) is 1.28. The smallest absolute Gasteiger partial charge is 0.324 e. The van der Waals surface area contributed by atoms with Gasteiger partial charge in [-0.1, -0.05) is 12.2 Å². The summed E-state index contributed by atoms with van der Waals surface area (Å²) in [5, 5.41) is 19.4. The van der Waals surface area contributed by atoms with Gasteiger partial charge in [-0.3, -0.25) is 14.5 Å². The van der Waals surface area contributed by atoms with Gasteiger partial charge in [0.25, 0.3) is 0 Å². The average molecular weight is 310 g/mol. The fraction of sp³-hybridized carbons (Fsp3) is 0.750. The second-order valence-electron chi connectivity index (χ2n) is 7.09. The number of carboxylic acids is 2. The minimum absolute atomic E-state index is 0.116. The van der Waals surface area contributed by atoms with Crippen LogP contribution in [0.15, 0.2) is 12.2 Å². The molecule has 0 aromatic rings. The molecule has 0 aromatic carbocycles. The summed E-state index contributed by atoms with van der Waals surface area (Å²) in [6.07, 6.45) is 5.78. The number of hydrogen-bond donors (Lipinski definition) is 2. The lowest BCUT2D eigenvalue weighted by molar-refractivity contribution is -0.159. The fourth-order valence-corrected chi connectivity index (χ4v) is 3.91. The van der Waals surface area contributed by atoms with E-state index in [0.29, 0.717) is 13.0 Å². The lowest BCUT2D eigenvalue weighted by Crippen LogP contribution is -2.61. The van der Waals surface area contributed by atoms with Crippen molar-refractivity contribution in [3.8, 4) is 0 Å². The molecule has 3 atom stereocenters. The van der Waals surface area contributed by atoms with Gasteiger partial charge in [0.05, 0.1) is 5.41 Å². The lowest BCUT2D eigenvalue weighted by atomic mass is 9.70. The van der Waals surface area contributed by atoms with Crippen LogP contribution in [-0.4, -0.2) is 70.7 Å². The zero-order valence-electron chi connectivity index (χ0n) is 13.6. The highest BCUT2D eigenvalue weighted by Crippen LogP contribution is 2.43. The number of carboxylic acid groups (broad SMARTS) is 2.